The van der Waals surface area contributed by atoms with Crippen LogP contribution in [0.2, 0.25) is 0 Å². The molecule has 0 N–H and O–H groups in total. The first-order chi connectivity index (χ1) is 15.0. The summed E-state index contributed by atoms with van der Waals surface area (Å²) in [5, 5.41) is 4.62. The Morgan fingerprint density at radius 3 is 2.48 bits per heavy atom. The van der Waals surface area contributed by atoms with Gasteiger partial charge in [-0.25, -0.2) is 0 Å². The predicted molar refractivity (Wildman–Crippen MR) is 110 cm³/mol. The molecule has 0 spiro atoms. The lowest BCUT2D eigenvalue weighted by Gasteiger charge is -2.24. The summed E-state index contributed by atoms with van der Waals surface area (Å²) in [5.41, 5.74) is 3.93. The first-order valence-corrected chi connectivity index (χ1v) is 10.3. The van der Waals surface area contributed by atoms with E-state index in [0.29, 0.717) is 23.4 Å². The molecule has 8 heteroatoms. The number of hydrogen-bond donors (Lipinski definition) is 0. The fourth-order valence-electron chi connectivity index (χ4n) is 4.45. The van der Waals surface area contributed by atoms with Crippen molar-refractivity contribution >= 4 is 17.7 Å². The Kier molecular flexibility index (Phi) is 4.69. The molecule has 158 valence electrons. The number of imide groups is 1. The van der Waals surface area contributed by atoms with Gasteiger partial charge in [0.15, 0.2) is 0 Å². The van der Waals surface area contributed by atoms with Crippen LogP contribution in [-0.4, -0.2) is 43.8 Å². The van der Waals surface area contributed by atoms with Crippen molar-refractivity contribution in [1.29, 1.82) is 0 Å². The smallest absolute Gasteiger partial charge is 0.262 e. The van der Waals surface area contributed by atoms with E-state index in [1.165, 1.54) is 11.3 Å². The molecule has 0 saturated heterocycles. The molecule has 1 aromatic carbocycles. The Labute approximate surface area is 179 Å². The molecular weight excluding hydrogens is 396 g/mol. The van der Waals surface area contributed by atoms with Crippen molar-refractivity contribution in [1.82, 2.24) is 19.6 Å². The number of fused-ring (bicyclic) bond motifs is 2. The van der Waals surface area contributed by atoms with Crippen molar-refractivity contribution in [3.63, 3.8) is 0 Å². The molecule has 5 rings (SSSR count). The highest BCUT2D eigenvalue weighted by Crippen LogP contribution is 2.27. The number of rotatable bonds is 6. The van der Waals surface area contributed by atoms with Crippen LogP contribution in [0.1, 0.15) is 49.8 Å². The van der Waals surface area contributed by atoms with Crippen LogP contribution in [0, 0.1) is 0 Å². The molecule has 3 aromatic rings. The van der Waals surface area contributed by atoms with Crippen molar-refractivity contribution in [2.75, 3.05) is 6.54 Å². The van der Waals surface area contributed by atoms with E-state index in [1.54, 1.807) is 47.6 Å². The minimum Gasteiger partial charge on any atom is -0.467 e. The molecule has 0 fully saturated rings. The van der Waals surface area contributed by atoms with Crippen LogP contribution in [0.25, 0.3) is 0 Å². The number of aromatic nitrogens is 2. The van der Waals surface area contributed by atoms with Gasteiger partial charge >= 0.3 is 0 Å². The Morgan fingerprint density at radius 1 is 1.06 bits per heavy atom. The van der Waals surface area contributed by atoms with E-state index in [9.17, 15) is 14.4 Å². The highest BCUT2D eigenvalue weighted by atomic mass is 16.3. The first kappa shape index (κ1) is 19.3. The SMILES string of the molecule is Cn1nc(CN(Cc2ccco2)C(=O)CN2C(=O)c3ccccc3C2=O)c2c1CCC2. The average molecular weight is 418 g/mol. The highest BCUT2D eigenvalue weighted by molar-refractivity contribution is 6.22. The quantitative estimate of drug-likeness (QED) is 0.573. The maximum atomic E-state index is 13.3. The molecule has 3 heterocycles. The summed E-state index contributed by atoms with van der Waals surface area (Å²) in [4.78, 5) is 41.3. The van der Waals surface area contributed by atoms with Gasteiger partial charge in [0.2, 0.25) is 5.91 Å². The lowest BCUT2D eigenvalue weighted by molar-refractivity contribution is -0.133. The van der Waals surface area contributed by atoms with E-state index in [4.69, 9.17) is 4.42 Å². The van der Waals surface area contributed by atoms with Crippen LogP contribution in [0.5, 0.6) is 0 Å². The zero-order valence-electron chi connectivity index (χ0n) is 17.2. The van der Waals surface area contributed by atoms with Crippen molar-refractivity contribution in [3.05, 3.63) is 76.5 Å². The predicted octanol–water partition coefficient (Wildman–Crippen LogP) is 2.33. The van der Waals surface area contributed by atoms with Gasteiger partial charge in [-0.3, -0.25) is 24.0 Å². The highest BCUT2D eigenvalue weighted by Gasteiger charge is 2.37. The number of amides is 3. The van der Waals surface area contributed by atoms with Crippen LogP contribution in [-0.2, 0) is 37.8 Å². The van der Waals surface area contributed by atoms with Crippen molar-refractivity contribution in [2.24, 2.45) is 7.05 Å². The zero-order valence-corrected chi connectivity index (χ0v) is 17.2. The van der Waals surface area contributed by atoms with Crippen LogP contribution < -0.4 is 0 Å². The van der Waals surface area contributed by atoms with Crippen LogP contribution in [0.3, 0.4) is 0 Å². The second-order valence-corrected chi connectivity index (χ2v) is 7.92. The van der Waals surface area contributed by atoms with E-state index < -0.39 is 11.8 Å². The fraction of sp³-hybridized carbons (Fsp3) is 0.304. The van der Waals surface area contributed by atoms with Crippen molar-refractivity contribution < 1.29 is 18.8 Å². The topological polar surface area (TPSA) is 88.7 Å². The third kappa shape index (κ3) is 3.34. The third-order valence-corrected chi connectivity index (χ3v) is 5.99. The minimum atomic E-state index is -0.439. The summed E-state index contributed by atoms with van der Waals surface area (Å²) >= 11 is 0. The molecule has 0 unspecified atom stereocenters. The van der Waals surface area contributed by atoms with Crippen molar-refractivity contribution in [3.8, 4) is 0 Å². The lowest BCUT2D eigenvalue weighted by Crippen LogP contribution is -2.42. The number of nitrogens with zero attached hydrogens (tertiary/aromatic N) is 4. The molecule has 2 aliphatic rings. The van der Waals surface area contributed by atoms with Gasteiger partial charge in [0.05, 0.1) is 36.2 Å². The van der Waals surface area contributed by atoms with Gasteiger partial charge < -0.3 is 9.32 Å². The Balaban J connectivity index is 1.39. The van der Waals surface area contributed by atoms with Gasteiger partial charge in [-0.15, -0.1) is 0 Å². The summed E-state index contributed by atoms with van der Waals surface area (Å²) in [6, 6.07) is 10.2. The second-order valence-electron chi connectivity index (χ2n) is 7.92. The summed E-state index contributed by atoms with van der Waals surface area (Å²) in [6.45, 7) is 0.217. The van der Waals surface area contributed by atoms with Gasteiger partial charge in [-0.05, 0) is 49.1 Å². The number of carbonyl (C=O) groups excluding carboxylic acids is 3. The van der Waals surface area contributed by atoms with E-state index in [-0.39, 0.29) is 19.0 Å². The molecule has 1 aliphatic carbocycles. The van der Waals surface area contributed by atoms with E-state index >= 15 is 0 Å². The van der Waals surface area contributed by atoms with Gasteiger partial charge in [0, 0.05) is 12.7 Å². The Hall–Kier alpha value is -3.68. The monoisotopic (exact) mass is 418 g/mol. The number of benzene rings is 1. The summed E-state index contributed by atoms with van der Waals surface area (Å²) < 4.78 is 7.33. The summed E-state index contributed by atoms with van der Waals surface area (Å²) in [5.74, 6) is -0.581. The molecule has 2 aromatic heterocycles. The fourth-order valence-corrected chi connectivity index (χ4v) is 4.45. The van der Waals surface area contributed by atoms with E-state index in [2.05, 4.69) is 5.10 Å². The Morgan fingerprint density at radius 2 is 1.81 bits per heavy atom. The van der Waals surface area contributed by atoms with Crippen LogP contribution >= 0.6 is 0 Å². The number of hydrogen-bond acceptors (Lipinski definition) is 5. The molecule has 0 atom stereocenters. The largest absolute Gasteiger partial charge is 0.467 e. The molecule has 31 heavy (non-hydrogen) atoms. The van der Waals surface area contributed by atoms with E-state index in [1.807, 2.05) is 11.7 Å². The normalized spacial score (nSPS) is 14.8. The molecular formula is C23H22N4O4. The molecule has 3 amide bonds. The average Bonchev–Trinajstić information content (AvgIpc) is 3.54. The lowest BCUT2D eigenvalue weighted by atomic mass is 10.1. The Bertz CT molecular complexity index is 1140. The second kappa shape index (κ2) is 7.54. The van der Waals surface area contributed by atoms with Crippen molar-refractivity contribution in [2.45, 2.75) is 32.4 Å². The third-order valence-electron chi connectivity index (χ3n) is 5.99. The molecule has 1 aliphatic heterocycles. The maximum Gasteiger partial charge on any atom is 0.262 e. The zero-order chi connectivity index (χ0) is 21.5. The molecule has 0 bridgehead atoms. The maximum absolute atomic E-state index is 13.3. The van der Waals surface area contributed by atoms with E-state index in [0.717, 1.165) is 29.9 Å². The first-order valence-electron chi connectivity index (χ1n) is 10.3. The number of aryl methyl sites for hydroxylation is 1. The minimum absolute atomic E-state index is 0.236. The van der Waals surface area contributed by atoms with Gasteiger partial charge in [-0.2, -0.15) is 5.10 Å². The van der Waals surface area contributed by atoms with Crippen LogP contribution in [0.15, 0.2) is 47.1 Å². The summed E-state index contributed by atoms with van der Waals surface area (Å²) in [7, 11) is 1.92. The number of carbonyl (C=O) groups is 3. The standard InChI is InChI=1S/C23H22N4O4/c1-25-20-10-4-9-18(20)19(24-25)13-26(12-15-6-5-11-31-15)21(28)14-27-22(29)16-7-2-3-8-17(16)23(27)30/h2-3,5-8,11H,4,9-10,12-14H2,1H3. The molecule has 0 saturated carbocycles. The van der Waals surface area contributed by atoms with Gasteiger partial charge in [-0.1, -0.05) is 12.1 Å². The van der Waals surface area contributed by atoms with Gasteiger partial charge in [0.25, 0.3) is 11.8 Å². The number of furan rings is 1. The molecule has 8 nitrogen and oxygen atoms in total. The van der Waals surface area contributed by atoms with Gasteiger partial charge in [0.1, 0.15) is 12.3 Å². The van der Waals surface area contributed by atoms with Crippen LogP contribution in [0.4, 0.5) is 0 Å². The summed E-state index contributed by atoms with van der Waals surface area (Å²) in [6.07, 6.45) is 4.56. The molecule has 0 radical (unpaired) electrons.